The highest BCUT2D eigenvalue weighted by Crippen LogP contribution is 2.27. The second kappa shape index (κ2) is 7.46. The summed E-state index contributed by atoms with van der Waals surface area (Å²) in [5, 5.41) is 3.33. The van der Waals surface area contributed by atoms with E-state index in [9.17, 15) is 9.59 Å². The first kappa shape index (κ1) is 15.8. The zero-order valence-electron chi connectivity index (χ0n) is 12.2. The largest absolute Gasteiger partial charge is 0.456 e. The summed E-state index contributed by atoms with van der Waals surface area (Å²) in [6.07, 6.45) is 4.98. The molecule has 0 bridgehead atoms. The number of carbonyl (C=O) groups is 2. The molecule has 0 aromatic heterocycles. The molecule has 114 valence electrons. The van der Waals surface area contributed by atoms with Crippen molar-refractivity contribution in [1.29, 1.82) is 0 Å². The Labute approximate surface area is 129 Å². The molecule has 1 aliphatic rings. The smallest absolute Gasteiger partial charge is 0.306 e. The first-order valence-corrected chi connectivity index (χ1v) is 7.64. The van der Waals surface area contributed by atoms with E-state index in [1.54, 1.807) is 18.2 Å². The minimum absolute atomic E-state index is 0.242. The number of hydrogen-bond donors (Lipinski definition) is 1. The SMILES string of the molecule is Cc1cc(Cl)ccc1NC(=O)COC(=O)CC1CCCC1. The van der Waals surface area contributed by atoms with Crippen LogP contribution in [0.2, 0.25) is 5.02 Å². The third-order valence-electron chi connectivity index (χ3n) is 3.76. The molecule has 1 aromatic carbocycles. The lowest BCUT2D eigenvalue weighted by molar-refractivity contribution is -0.148. The summed E-state index contributed by atoms with van der Waals surface area (Å²) in [5.41, 5.74) is 1.55. The number of halogens is 1. The molecule has 1 aromatic rings. The highest BCUT2D eigenvalue weighted by Gasteiger charge is 2.19. The number of carbonyl (C=O) groups excluding carboxylic acids is 2. The summed E-state index contributed by atoms with van der Waals surface area (Å²) in [4.78, 5) is 23.4. The van der Waals surface area contributed by atoms with Crippen molar-refractivity contribution in [3.8, 4) is 0 Å². The lowest BCUT2D eigenvalue weighted by Crippen LogP contribution is -2.22. The fourth-order valence-corrected chi connectivity index (χ4v) is 2.84. The molecule has 1 amide bonds. The van der Waals surface area contributed by atoms with Crippen molar-refractivity contribution in [3.63, 3.8) is 0 Å². The second-order valence-electron chi connectivity index (χ2n) is 5.52. The molecule has 0 heterocycles. The van der Waals surface area contributed by atoms with Gasteiger partial charge in [-0.2, -0.15) is 0 Å². The van der Waals surface area contributed by atoms with Gasteiger partial charge in [0.2, 0.25) is 0 Å². The Kier molecular flexibility index (Phi) is 5.62. The molecule has 0 aliphatic heterocycles. The summed E-state index contributed by atoms with van der Waals surface area (Å²) in [7, 11) is 0. The Hall–Kier alpha value is -1.55. The lowest BCUT2D eigenvalue weighted by Gasteiger charge is -2.10. The van der Waals surface area contributed by atoms with E-state index >= 15 is 0 Å². The van der Waals surface area contributed by atoms with Gasteiger partial charge in [-0.3, -0.25) is 9.59 Å². The number of rotatable bonds is 5. The summed E-state index contributed by atoms with van der Waals surface area (Å²) in [6.45, 7) is 1.61. The third kappa shape index (κ3) is 5.05. The van der Waals surface area contributed by atoms with Crippen LogP contribution in [-0.2, 0) is 14.3 Å². The van der Waals surface area contributed by atoms with Crippen LogP contribution in [-0.4, -0.2) is 18.5 Å². The predicted molar refractivity (Wildman–Crippen MR) is 82.4 cm³/mol. The van der Waals surface area contributed by atoms with Crippen LogP contribution in [0.5, 0.6) is 0 Å². The molecular weight excluding hydrogens is 290 g/mol. The molecule has 0 atom stereocenters. The first-order valence-electron chi connectivity index (χ1n) is 7.26. The van der Waals surface area contributed by atoms with Crippen molar-refractivity contribution in [2.24, 2.45) is 5.92 Å². The van der Waals surface area contributed by atoms with E-state index in [-0.39, 0.29) is 18.5 Å². The average Bonchev–Trinajstić information content (AvgIpc) is 2.92. The molecule has 5 heteroatoms. The monoisotopic (exact) mass is 309 g/mol. The topological polar surface area (TPSA) is 55.4 Å². The molecule has 1 fully saturated rings. The number of esters is 1. The number of aryl methyl sites for hydroxylation is 1. The van der Waals surface area contributed by atoms with Crippen molar-refractivity contribution in [2.75, 3.05) is 11.9 Å². The quantitative estimate of drug-likeness (QED) is 0.844. The molecule has 1 N–H and O–H groups in total. The zero-order valence-corrected chi connectivity index (χ0v) is 12.9. The fraction of sp³-hybridized carbons (Fsp3) is 0.500. The Bertz CT molecular complexity index is 524. The van der Waals surface area contributed by atoms with Crippen molar-refractivity contribution >= 4 is 29.2 Å². The van der Waals surface area contributed by atoms with E-state index in [1.807, 2.05) is 6.92 Å². The maximum absolute atomic E-state index is 11.8. The predicted octanol–water partition coefficient (Wildman–Crippen LogP) is 3.71. The molecule has 0 spiro atoms. The molecule has 2 rings (SSSR count). The van der Waals surface area contributed by atoms with Crippen molar-refractivity contribution < 1.29 is 14.3 Å². The van der Waals surface area contributed by atoms with Gasteiger partial charge in [-0.25, -0.2) is 0 Å². The van der Waals surface area contributed by atoms with Crippen LogP contribution in [0, 0.1) is 12.8 Å². The summed E-state index contributed by atoms with van der Waals surface area (Å²) in [5.74, 6) is -0.191. The van der Waals surface area contributed by atoms with Gasteiger partial charge >= 0.3 is 5.97 Å². The number of anilines is 1. The zero-order chi connectivity index (χ0) is 15.2. The molecule has 0 radical (unpaired) electrons. The van der Waals surface area contributed by atoms with Gasteiger partial charge in [-0.05, 0) is 49.4 Å². The van der Waals surface area contributed by atoms with Crippen molar-refractivity contribution in [3.05, 3.63) is 28.8 Å². The molecule has 4 nitrogen and oxygen atoms in total. The van der Waals surface area contributed by atoms with Crippen LogP contribution in [0.4, 0.5) is 5.69 Å². The Morgan fingerprint density at radius 2 is 2.05 bits per heavy atom. The van der Waals surface area contributed by atoms with E-state index in [0.717, 1.165) is 18.4 Å². The standard InChI is InChI=1S/C16H20ClNO3/c1-11-8-13(17)6-7-14(11)18-15(19)10-21-16(20)9-12-4-2-3-5-12/h6-8,12H,2-5,9-10H2,1H3,(H,18,19). The van der Waals surface area contributed by atoms with Gasteiger partial charge in [0.15, 0.2) is 6.61 Å². The van der Waals surface area contributed by atoms with Gasteiger partial charge in [0, 0.05) is 17.1 Å². The maximum atomic E-state index is 11.8. The van der Waals surface area contributed by atoms with Crippen LogP contribution >= 0.6 is 11.6 Å². The van der Waals surface area contributed by atoms with E-state index < -0.39 is 0 Å². The van der Waals surface area contributed by atoms with Crippen LogP contribution in [0.3, 0.4) is 0 Å². The van der Waals surface area contributed by atoms with E-state index in [4.69, 9.17) is 16.3 Å². The van der Waals surface area contributed by atoms with Crippen LogP contribution < -0.4 is 5.32 Å². The summed E-state index contributed by atoms with van der Waals surface area (Å²) >= 11 is 5.86. The van der Waals surface area contributed by atoms with Gasteiger partial charge in [0.05, 0.1) is 0 Å². The Morgan fingerprint density at radius 3 is 2.71 bits per heavy atom. The summed E-state index contributed by atoms with van der Waals surface area (Å²) in [6, 6.07) is 5.20. The lowest BCUT2D eigenvalue weighted by atomic mass is 10.1. The van der Waals surface area contributed by atoms with Crippen molar-refractivity contribution in [2.45, 2.75) is 39.0 Å². The molecule has 0 saturated heterocycles. The first-order chi connectivity index (χ1) is 10.0. The highest BCUT2D eigenvalue weighted by atomic mass is 35.5. The fourth-order valence-electron chi connectivity index (χ4n) is 2.61. The normalized spacial score (nSPS) is 15.0. The third-order valence-corrected chi connectivity index (χ3v) is 3.99. The molecule has 21 heavy (non-hydrogen) atoms. The molecule has 0 unspecified atom stereocenters. The van der Waals surface area contributed by atoms with Gasteiger partial charge < -0.3 is 10.1 Å². The summed E-state index contributed by atoms with van der Waals surface area (Å²) < 4.78 is 5.02. The number of ether oxygens (including phenoxy) is 1. The number of benzene rings is 1. The number of nitrogens with one attached hydrogen (secondary N) is 1. The molecule has 1 saturated carbocycles. The van der Waals surface area contributed by atoms with Crippen molar-refractivity contribution in [1.82, 2.24) is 0 Å². The minimum Gasteiger partial charge on any atom is -0.456 e. The number of amides is 1. The second-order valence-corrected chi connectivity index (χ2v) is 5.96. The highest BCUT2D eigenvalue weighted by molar-refractivity contribution is 6.30. The van der Waals surface area contributed by atoms with E-state index in [0.29, 0.717) is 23.0 Å². The van der Waals surface area contributed by atoms with Gasteiger partial charge in [0.25, 0.3) is 5.91 Å². The van der Waals surface area contributed by atoms with Gasteiger partial charge in [-0.1, -0.05) is 24.4 Å². The Balaban J connectivity index is 1.75. The number of hydrogen-bond acceptors (Lipinski definition) is 3. The van der Waals surface area contributed by atoms with Gasteiger partial charge in [-0.15, -0.1) is 0 Å². The van der Waals surface area contributed by atoms with E-state index in [1.165, 1.54) is 12.8 Å². The maximum Gasteiger partial charge on any atom is 0.306 e. The van der Waals surface area contributed by atoms with E-state index in [2.05, 4.69) is 5.32 Å². The molecule has 1 aliphatic carbocycles. The minimum atomic E-state index is -0.333. The van der Waals surface area contributed by atoms with Gasteiger partial charge in [0.1, 0.15) is 0 Å². The molecular formula is C16H20ClNO3. The Morgan fingerprint density at radius 1 is 1.33 bits per heavy atom. The van der Waals surface area contributed by atoms with Crippen LogP contribution in [0.25, 0.3) is 0 Å². The van der Waals surface area contributed by atoms with Crippen LogP contribution in [0.15, 0.2) is 18.2 Å². The van der Waals surface area contributed by atoms with Crippen LogP contribution in [0.1, 0.15) is 37.7 Å². The average molecular weight is 310 g/mol.